The second-order valence-electron chi connectivity index (χ2n) is 7.93. The van der Waals surface area contributed by atoms with Gasteiger partial charge in [-0.05, 0) is 38.3 Å². The van der Waals surface area contributed by atoms with Crippen LogP contribution in [-0.4, -0.2) is 61.5 Å². The summed E-state index contributed by atoms with van der Waals surface area (Å²) < 4.78 is 1.94. The van der Waals surface area contributed by atoms with Crippen molar-refractivity contribution in [2.45, 2.75) is 50.5 Å². The van der Waals surface area contributed by atoms with Gasteiger partial charge in [0.15, 0.2) is 0 Å². The van der Waals surface area contributed by atoms with E-state index in [1.165, 1.54) is 19.2 Å². The molecule has 2 aliphatic rings. The number of fused-ring (bicyclic) bond motifs is 1. The van der Waals surface area contributed by atoms with E-state index in [2.05, 4.69) is 28.8 Å². The zero-order valence-electron chi connectivity index (χ0n) is 14.8. The lowest BCUT2D eigenvalue weighted by Gasteiger charge is -2.41. The molecular weight excluding hydrogens is 318 g/mol. The maximum Gasteiger partial charge on any atom is 0.145 e. The molecule has 0 saturated heterocycles. The Labute approximate surface area is 147 Å². The Balaban J connectivity index is 1.52. The maximum absolute atomic E-state index is 10.6. The van der Waals surface area contributed by atoms with Crippen LogP contribution in [0.3, 0.4) is 0 Å². The number of rotatable bonds is 4. The summed E-state index contributed by atoms with van der Waals surface area (Å²) in [6.07, 6.45) is 4.98. The second kappa shape index (κ2) is 6.23. The highest BCUT2D eigenvalue weighted by atomic mass is 16.3. The number of nitrogens with two attached hydrogens (primary N) is 1. The predicted octanol–water partition coefficient (Wildman–Crippen LogP) is 1.03. The molecule has 0 aliphatic heterocycles. The van der Waals surface area contributed by atoms with Gasteiger partial charge in [-0.3, -0.25) is 0 Å². The van der Waals surface area contributed by atoms with Crippen molar-refractivity contribution in [2.75, 3.05) is 19.3 Å². The summed E-state index contributed by atoms with van der Waals surface area (Å²) >= 11 is 0. The van der Waals surface area contributed by atoms with Crippen LogP contribution < -0.4 is 5.73 Å². The molecule has 0 amide bonds. The van der Waals surface area contributed by atoms with Gasteiger partial charge in [-0.1, -0.05) is 6.92 Å². The van der Waals surface area contributed by atoms with Gasteiger partial charge in [0.1, 0.15) is 23.9 Å². The minimum atomic E-state index is -0.800. The van der Waals surface area contributed by atoms with E-state index in [1.54, 1.807) is 0 Å². The van der Waals surface area contributed by atoms with Gasteiger partial charge in [-0.2, -0.15) is 0 Å². The Morgan fingerprint density at radius 2 is 2.00 bits per heavy atom. The Hall–Kier alpha value is -1.70. The van der Waals surface area contributed by atoms with Gasteiger partial charge in [0.2, 0.25) is 0 Å². The van der Waals surface area contributed by atoms with Gasteiger partial charge < -0.3 is 25.4 Å². The first-order valence-electron chi connectivity index (χ1n) is 9.09. The van der Waals surface area contributed by atoms with Crippen molar-refractivity contribution in [1.82, 2.24) is 19.4 Å². The minimum absolute atomic E-state index is 0.0533. The Morgan fingerprint density at radius 1 is 1.24 bits per heavy atom. The van der Waals surface area contributed by atoms with E-state index in [1.807, 2.05) is 16.8 Å². The summed E-state index contributed by atoms with van der Waals surface area (Å²) in [5, 5.41) is 22.0. The third kappa shape index (κ3) is 2.80. The third-order valence-electron chi connectivity index (χ3n) is 6.16. The molecule has 25 heavy (non-hydrogen) atoms. The first kappa shape index (κ1) is 16.8. The highest BCUT2D eigenvalue weighted by molar-refractivity contribution is 5.86. The summed E-state index contributed by atoms with van der Waals surface area (Å²) in [4.78, 5) is 10.7. The van der Waals surface area contributed by atoms with Crippen molar-refractivity contribution >= 4 is 16.9 Å². The average molecular weight is 345 g/mol. The number of hydrogen-bond acceptors (Lipinski definition) is 6. The van der Waals surface area contributed by atoms with Crippen LogP contribution >= 0.6 is 0 Å². The second-order valence-corrected chi connectivity index (χ2v) is 7.93. The summed E-state index contributed by atoms with van der Waals surface area (Å²) in [6.45, 7) is 3.09. The number of nitrogen functional groups attached to an aromatic ring is 1. The van der Waals surface area contributed by atoms with Gasteiger partial charge in [0.05, 0.1) is 17.5 Å². The number of aromatic nitrogens is 3. The predicted molar refractivity (Wildman–Crippen MR) is 95.9 cm³/mol. The molecule has 0 radical (unpaired) electrons. The fourth-order valence-corrected chi connectivity index (χ4v) is 4.55. The number of nitrogens with zero attached hydrogens (tertiary/aromatic N) is 4. The number of anilines is 1. The molecule has 7 nitrogen and oxygen atoms in total. The fourth-order valence-electron chi connectivity index (χ4n) is 4.55. The lowest BCUT2D eigenvalue weighted by Crippen LogP contribution is -2.45. The van der Waals surface area contributed by atoms with Crippen molar-refractivity contribution in [3.8, 4) is 0 Å². The molecule has 2 aliphatic carbocycles. The Morgan fingerprint density at radius 3 is 2.72 bits per heavy atom. The van der Waals surface area contributed by atoms with Crippen LogP contribution in [0.5, 0.6) is 0 Å². The van der Waals surface area contributed by atoms with Gasteiger partial charge in [-0.15, -0.1) is 0 Å². The average Bonchev–Trinajstić information content (AvgIpc) is 3.09. The molecule has 2 saturated carbocycles. The topological polar surface area (TPSA) is 100 Å². The molecule has 0 spiro atoms. The summed E-state index contributed by atoms with van der Waals surface area (Å²) in [7, 11) is 2.13. The Kier molecular flexibility index (Phi) is 4.17. The maximum atomic E-state index is 10.6. The summed E-state index contributed by atoms with van der Waals surface area (Å²) in [5.74, 6) is 1.29. The molecule has 2 heterocycles. The van der Waals surface area contributed by atoms with Crippen LogP contribution in [0, 0.1) is 11.8 Å². The monoisotopic (exact) mass is 345 g/mol. The molecule has 0 unspecified atom stereocenters. The molecule has 2 aromatic heterocycles. The van der Waals surface area contributed by atoms with Crippen molar-refractivity contribution in [2.24, 2.45) is 11.8 Å². The van der Waals surface area contributed by atoms with Crippen LogP contribution in [0.15, 0.2) is 18.6 Å². The van der Waals surface area contributed by atoms with Crippen LogP contribution in [0.2, 0.25) is 0 Å². The van der Waals surface area contributed by atoms with E-state index in [0.29, 0.717) is 17.5 Å². The lowest BCUT2D eigenvalue weighted by molar-refractivity contribution is -0.00561. The van der Waals surface area contributed by atoms with Crippen LogP contribution in [0.25, 0.3) is 11.0 Å². The zero-order valence-corrected chi connectivity index (χ0v) is 14.8. The largest absolute Gasteiger partial charge is 0.390 e. The molecule has 4 N–H and O–H groups in total. The van der Waals surface area contributed by atoms with Crippen molar-refractivity contribution in [3.63, 3.8) is 0 Å². The number of aliphatic hydroxyl groups excluding tert-OH is 2. The van der Waals surface area contributed by atoms with Crippen LogP contribution in [-0.2, 0) is 0 Å². The van der Waals surface area contributed by atoms with Crippen LogP contribution in [0.4, 0.5) is 5.82 Å². The summed E-state index contributed by atoms with van der Waals surface area (Å²) in [5.41, 5.74) is 6.62. The summed E-state index contributed by atoms with van der Waals surface area (Å²) in [6, 6.07) is 2.29. The zero-order chi connectivity index (χ0) is 17.7. The van der Waals surface area contributed by atoms with Gasteiger partial charge in [0, 0.05) is 24.7 Å². The first-order valence-corrected chi connectivity index (χ1v) is 9.09. The van der Waals surface area contributed by atoms with Crippen LogP contribution in [0.1, 0.15) is 32.2 Å². The van der Waals surface area contributed by atoms with E-state index >= 15 is 0 Å². The van der Waals surface area contributed by atoms with E-state index in [9.17, 15) is 10.2 Å². The SMILES string of the molecule is CN(C[C@H]1C[C@@H](n2ccc3c(N)ncnc32)[C@H](O)[C@@H]1O)[C@H]1C[C@@H](C)C1. The molecule has 0 bridgehead atoms. The first-order chi connectivity index (χ1) is 12.0. The van der Waals surface area contributed by atoms with E-state index in [0.717, 1.165) is 24.3 Å². The smallest absolute Gasteiger partial charge is 0.145 e. The molecule has 4 rings (SSSR count). The fraction of sp³-hybridized carbons (Fsp3) is 0.667. The highest BCUT2D eigenvalue weighted by Gasteiger charge is 2.44. The lowest BCUT2D eigenvalue weighted by atomic mass is 9.80. The third-order valence-corrected chi connectivity index (χ3v) is 6.16. The van der Waals surface area contributed by atoms with Gasteiger partial charge >= 0.3 is 0 Å². The van der Waals surface area contributed by atoms with Crippen molar-refractivity contribution in [3.05, 3.63) is 18.6 Å². The highest BCUT2D eigenvalue weighted by Crippen LogP contribution is 2.39. The molecule has 2 aromatic rings. The molecule has 136 valence electrons. The van der Waals surface area contributed by atoms with Gasteiger partial charge in [0.25, 0.3) is 0 Å². The standard InChI is InChI=1S/C18H27N5O2/c1-10-5-12(6-10)22(2)8-11-7-14(16(25)15(11)24)23-4-3-13-17(19)20-9-21-18(13)23/h3-4,9-12,14-16,24-25H,5-8H2,1-2H3,(H2,19,20,21)/t10-,11-,12+,14-,15-,16+/m1/s1. The molecule has 2 fully saturated rings. The molecule has 7 heteroatoms. The number of hydrogen-bond donors (Lipinski definition) is 3. The minimum Gasteiger partial charge on any atom is -0.390 e. The Bertz CT molecular complexity index is 757. The quantitative estimate of drug-likeness (QED) is 0.765. The molecular formula is C18H27N5O2. The molecule has 0 aromatic carbocycles. The van der Waals surface area contributed by atoms with Crippen molar-refractivity contribution in [1.29, 1.82) is 0 Å². The van der Waals surface area contributed by atoms with Gasteiger partial charge in [-0.25, -0.2) is 9.97 Å². The van der Waals surface area contributed by atoms with E-state index in [4.69, 9.17) is 5.73 Å². The van der Waals surface area contributed by atoms with E-state index < -0.39 is 12.2 Å². The molecule has 4 atom stereocenters. The van der Waals surface area contributed by atoms with Crippen molar-refractivity contribution < 1.29 is 10.2 Å². The normalized spacial score (nSPS) is 35.4. The van der Waals surface area contributed by atoms with E-state index in [-0.39, 0.29) is 12.0 Å². The number of aliphatic hydroxyl groups is 2.